The van der Waals surface area contributed by atoms with Gasteiger partial charge in [-0.1, -0.05) is 26.2 Å². The lowest BCUT2D eigenvalue weighted by Crippen LogP contribution is -2.45. The van der Waals surface area contributed by atoms with Gasteiger partial charge in [0.1, 0.15) is 0 Å². The van der Waals surface area contributed by atoms with Crippen molar-refractivity contribution in [1.29, 1.82) is 0 Å². The molecule has 0 aromatic heterocycles. The first-order valence-corrected chi connectivity index (χ1v) is 7.91. The van der Waals surface area contributed by atoms with E-state index in [1.807, 2.05) is 23.9 Å². The van der Waals surface area contributed by atoms with Gasteiger partial charge in [0.25, 0.3) is 0 Å². The molecule has 1 aliphatic rings. The van der Waals surface area contributed by atoms with E-state index >= 15 is 0 Å². The average Bonchev–Trinajstić information content (AvgIpc) is 2.49. The number of hydrogen-bond donors (Lipinski definition) is 0. The molecule has 0 aromatic rings. The third kappa shape index (κ3) is 6.57. The standard InChI is InChI=1S/C15H31N3O2/c1-4-5-6-7-8-16(2)15(19)17(3)9-10-18-11-13-20-14-12-18/h4-14H2,1-3H3. The molecule has 1 saturated heterocycles. The lowest BCUT2D eigenvalue weighted by molar-refractivity contribution is 0.0352. The van der Waals surface area contributed by atoms with Crippen molar-refractivity contribution in [3.63, 3.8) is 0 Å². The molecule has 0 atom stereocenters. The predicted octanol–water partition coefficient (Wildman–Crippen LogP) is 1.88. The van der Waals surface area contributed by atoms with Gasteiger partial charge in [-0.3, -0.25) is 4.90 Å². The van der Waals surface area contributed by atoms with Crippen molar-refractivity contribution in [3.05, 3.63) is 0 Å². The van der Waals surface area contributed by atoms with E-state index in [0.29, 0.717) is 0 Å². The Balaban J connectivity index is 2.16. The summed E-state index contributed by atoms with van der Waals surface area (Å²) in [4.78, 5) is 18.2. The average molecular weight is 285 g/mol. The number of likely N-dealkylation sites (N-methyl/N-ethyl adjacent to an activating group) is 1. The van der Waals surface area contributed by atoms with Gasteiger partial charge in [-0.25, -0.2) is 4.79 Å². The quantitative estimate of drug-likeness (QED) is 0.639. The minimum absolute atomic E-state index is 0.134. The van der Waals surface area contributed by atoms with Crippen molar-refractivity contribution in [2.45, 2.75) is 32.6 Å². The van der Waals surface area contributed by atoms with Crippen LogP contribution in [0.25, 0.3) is 0 Å². The van der Waals surface area contributed by atoms with Crippen LogP contribution in [0.2, 0.25) is 0 Å². The highest BCUT2D eigenvalue weighted by atomic mass is 16.5. The highest BCUT2D eigenvalue weighted by Crippen LogP contribution is 2.03. The van der Waals surface area contributed by atoms with Crippen LogP contribution in [0.3, 0.4) is 0 Å². The normalized spacial score (nSPS) is 16.1. The number of unbranched alkanes of at least 4 members (excludes halogenated alkanes) is 3. The summed E-state index contributed by atoms with van der Waals surface area (Å²) in [6.45, 7) is 8.39. The van der Waals surface area contributed by atoms with Crippen molar-refractivity contribution >= 4 is 6.03 Å². The van der Waals surface area contributed by atoms with Gasteiger partial charge in [0, 0.05) is 46.8 Å². The van der Waals surface area contributed by atoms with Crippen LogP contribution in [0.1, 0.15) is 32.6 Å². The summed E-state index contributed by atoms with van der Waals surface area (Å²) in [5, 5.41) is 0. The number of hydrogen-bond acceptors (Lipinski definition) is 3. The third-order valence-electron chi connectivity index (χ3n) is 3.86. The molecule has 2 amide bonds. The van der Waals surface area contributed by atoms with Crippen LogP contribution in [0.4, 0.5) is 4.79 Å². The molecule has 0 radical (unpaired) electrons. The summed E-state index contributed by atoms with van der Waals surface area (Å²) < 4.78 is 5.33. The first kappa shape index (κ1) is 17.2. The van der Waals surface area contributed by atoms with E-state index in [9.17, 15) is 4.79 Å². The summed E-state index contributed by atoms with van der Waals surface area (Å²) in [5.41, 5.74) is 0. The lowest BCUT2D eigenvalue weighted by Gasteiger charge is -2.30. The van der Waals surface area contributed by atoms with Crippen molar-refractivity contribution in [2.24, 2.45) is 0 Å². The number of rotatable bonds is 8. The van der Waals surface area contributed by atoms with Crippen LogP contribution in [-0.4, -0.2) is 80.8 Å². The van der Waals surface area contributed by atoms with Crippen LogP contribution in [-0.2, 0) is 4.74 Å². The van der Waals surface area contributed by atoms with E-state index in [1.165, 1.54) is 19.3 Å². The van der Waals surface area contributed by atoms with Gasteiger partial charge < -0.3 is 14.5 Å². The maximum atomic E-state index is 12.2. The second-order valence-corrected chi connectivity index (χ2v) is 5.64. The van der Waals surface area contributed by atoms with Crippen LogP contribution in [0.15, 0.2) is 0 Å². The number of carbonyl (C=O) groups excluding carboxylic acids is 1. The molecule has 1 rings (SSSR count). The zero-order chi connectivity index (χ0) is 14.8. The lowest BCUT2D eigenvalue weighted by atomic mass is 10.2. The highest BCUT2D eigenvalue weighted by molar-refractivity contribution is 5.73. The van der Waals surface area contributed by atoms with Crippen molar-refractivity contribution in [2.75, 3.05) is 60.0 Å². The Morgan fingerprint density at radius 3 is 2.35 bits per heavy atom. The fraction of sp³-hybridized carbons (Fsp3) is 0.933. The van der Waals surface area contributed by atoms with Gasteiger partial charge in [0.15, 0.2) is 0 Å². The Bertz CT molecular complexity index is 268. The van der Waals surface area contributed by atoms with Gasteiger partial charge >= 0.3 is 6.03 Å². The number of urea groups is 1. The molecule has 5 nitrogen and oxygen atoms in total. The monoisotopic (exact) mass is 285 g/mol. The van der Waals surface area contributed by atoms with Gasteiger partial charge in [-0.2, -0.15) is 0 Å². The number of nitrogens with zero attached hydrogens (tertiary/aromatic N) is 3. The van der Waals surface area contributed by atoms with Gasteiger partial charge in [0.2, 0.25) is 0 Å². The molecule has 0 bridgehead atoms. The Hall–Kier alpha value is -0.810. The van der Waals surface area contributed by atoms with Gasteiger partial charge in [-0.15, -0.1) is 0 Å². The number of amides is 2. The highest BCUT2D eigenvalue weighted by Gasteiger charge is 2.16. The topological polar surface area (TPSA) is 36.0 Å². The molecular weight excluding hydrogens is 254 g/mol. The maximum Gasteiger partial charge on any atom is 0.319 e. The molecule has 0 saturated carbocycles. The van der Waals surface area contributed by atoms with E-state index in [0.717, 1.165) is 52.4 Å². The number of morpholine rings is 1. The molecule has 0 aromatic carbocycles. The minimum atomic E-state index is 0.134. The molecule has 5 heteroatoms. The summed E-state index contributed by atoms with van der Waals surface area (Å²) in [6, 6.07) is 0.134. The predicted molar refractivity (Wildman–Crippen MR) is 82.1 cm³/mol. The van der Waals surface area contributed by atoms with Crippen molar-refractivity contribution in [1.82, 2.24) is 14.7 Å². The molecule has 0 aliphatic carbocycles. The molecule has 1 heterocycles. The molecule has 0 spiro atoms. The van der Waals surface area contributed by atoms with E-state index in [2.05, 4.69) is 11.8 Å². The third-order valence-corrected chi connectivity index (χ3v) is 3.86. The van der Waals surface area contributed by atoms with Crippen LogP contribution in [0.5, 0.6) is 0 Å². The fourth-order valence-corrected chi connectivity index (χ4v) is 2.37. The summed E-state index contributed by atoms with van der Waals surface area (Å²) in [5.74, 6) is 0. The zero-order valence-electron chi connectivity index (χ0n) is 13.4. The Morgan fingerprint density at radius 2 is 1.70 bits per heavy atom. The first-order chi connectivity index (χ1) is 9.65. The van der Waals surface area contributed by atoms with E-state index in [1.54, 1.807) is 0 Å². The largest absolute Gasteiger partial charge is 0.379 e. The Kier molecular flexibility index (Phi) is 8.62. The zero-order valence-corrected chi connectivity index (χ0v) is 13.4. The van der Waals surface area contributed by atoms with Crippen LogP contribution >= 0.6 is 0 Å². The van der Waals surface area contributed by atoms with E-state index in [-0.39, 0.29) is 6.03 Å². The molecule has 1 fully saturated rings. The molecule has 1 aliphatic heterocycles. The van der Waals surface area contributed by atoms with E-state index in [4.69, 9.17) is 4.74 Å². The van der Waals surface area contributed by atoms with E-state index < -0.39 is 0 Å². The number of ether oxygens (including phenoxy) is 1. The smallest absolute Gasteiger partial charge is 0.319 e. The SMILES string of the molecule is CCCCCCN(C)C(=O)N(C)CCN1CCOCC1. The minimum Gasteiger partial charge on any atom is -0.379 e. The molecule has 118 valence electrons. The number of carbonyl (C=O) groups is 1. The first-order valence-electron chi connectivity index (χ1n) is 7.91. The van der Waals surface area contributed by atoms with Gasteiger partial charge in [0.05, 0.1) is 13.2 Å². The van der Waals surface area contributed by atoms with Crippen LogP contribution < -0.4 is 0 Å². The summed E-state index contributed by atoms with van der Waals surface area (Å²) in [7, 11) is 3.80. The molecule has 20 heavy (non-hydrogen) atoms. The Labute approximate surface area is 123 Å². The molecular formula is C15H31N3O2. The fourth-order valence-electron chi connectivity index (χ4n) is 2.37. The second kappa shape index (κ2) is 10.00. The van der Waals surface area contributed by atoms with Gasteiger partial charge in [-0.05, 0) is 6.42 Å². The second-order valence-electron chi connectivity index (χ2n) is 5.64. The Morgan fingerprint density at radius 1 is 1.05 bits per heavy atom. The maximum absolute atomic E-state index is 12.2. The van der Waals surface area contributed by atoms with Crippen LogP contribution in [0, 0.1) is 0 Å². The molecule has 0 N–H and O–H groups in total. The summed E-state index contributed by atoms with van der Waals surface area (Å²) >= 11 is 0. The molecule has 0 unspecified atom stereocenters. The van der Waals surface area contributed by atoms with Crippen molar-refractivity contribution < 1.29 is 9.53 Å². The van der Waals surface area contributed by atoms with Crippen molar-refractivity contribution in [3.8, 4) is 0 Å². The summed E-state index contributed by atoms with van der Waals surface area (Å²) in [6.07, 6.45) is 4.81.